The van der Waals surface area contributed by atoms with Gasteiger partial charge in [-0.3, -0.25) is 14.5 Å². The lowest BCUT2D eigenvalue weighted by Gasteiger charge is -2.21. The SMILES string of the molecule is COc1ccc2c(c1)OCCNC(=O)CN(Cc1nc(C(F)(F)F)no1)CCCNC2=O. The number of aromatic nitrogens is 2. The first-order valence-electron chi connectivity index (χ1n) is 9.74. The second kappa shape index (κ2) is 10.3. The third-order valence-electron chi connectivity index (χ3n) is 4.50. The van der Waals surface area contributed by atoms with Gasteiger partial charge in [-0.25, -0.2) is 0 Å². The lowest BCUT2D eigenvalue weighted by Crippen LogP contribution is -2.40. The zero-order chi connectivity index (χ0) is 23.1. The van der Waals surface area contributed by atoms with E-state index in [0.29, 0.717) is 30.0 Å². The number of amides is 2. The maximum absolute atomic E-state index is 12.7. The molecule has 1 aliphatic rings. The van der Waals surface area contributed by atoms with Gasteiger partial charge in [-0.2, -0.15) is 18.2 Å². The summed E-state index contributed by atoms with van der Waals surface area (Å²) in [6.07, 6.45) is -4.30. The smallest absolute Gasteiger partial charge is 0.455 e. The number of rotatable bonds is 3. The van der Waals surface area contributed by atoms with Crippen molar-refractivity contribution in [3.05, 3.63) is 35.5 Å². The molecule has 0 unspecified atom stereocenters. The molecule has 2 aromatic rings. The number of fused-ring (bicyclic) bond motifs is 1. The number of hydrogen-bond donors (Lipinski definition) is 2. The van der Waals surface area contributed by atoms with Crippen LogP contribution < -0.4 is 20.1 Å². The second-order valence-corrected chi connectivity index (χ2v) is 6.89. The molecule has 0 bridgehead atoms. The summed E-state index contributed by atoms with van der Waals surface area (Å²) in [7, 11) is 1.50. The van der Waals surface area contributed by atoms with Crippen LogP contribution in [0.15, 0.2) is 22.7 Å². The zero-order valence-corrected chi connectivity index (χ0v) is 17.2. The summed E-state index contributed by atoms with van der Waals surface area (Å²) < 4.78 is 53.5. The van der Waals surface area contributed by atoms with Gasteiger partial charge in [0.2, 0.25) is 11.8 Å². The van der Waals surface area contributed by atoms with Crippen LogP contribution >= 0.6 is 0 Å². The second-order valence-electron chi connectivity index (χ2n) is 6.89. The highest BCUT2D eigenvalue weighted by molar-refractivity contribution is 5.97. The van der Waals surface area contributed by atoms with E-state index in [9.17, 15) is 22.8 Å². The van der Waals surface area contributed by atoms with Crippen LogP contribution in [-0.2, 0) is 17.5 Å². The molecular formula is C19H22F3N5O5. The molecule has 0 aliphatic carbocycles. The minimum atomic E-state index is -4.72. The van der Waals surface area contributed by atoms with E-state index in [1.807, 2.05) is 0 Å². The van der Waals surface area contributed by atoms with Gasteiger partial charge in [0.1, 0.15) is 18.1 Å². The van der Waals surface area contributed by atoms with Crippen molar-refractivity contribution >= 4 is 11.8 Å². The number of nitrogens with zero attached hydrogens (tertiary/aromatic N) is 3. The Balaban J connectivity index is 1.68. The Morgan fingerprint density at radius 3 is 2.75 bits per heavy atom. The summed E-state index contributed by atoms with van der Waals surface area (Å²) in [6, 6.07) is 4.80. The fourth-order valence-electron chi connectivity index (χ4n) is 2.99. The molecule has 1 aliphatic heterocycles. The van der Waals surface area contributed by atoms with Gasteiger partial charge in [-0.1, -0.05) is 5.16 Å². The van der Waals surface area contributed by atoms with Gasteiger partial charge in [-0.05, 0) is 18.6 Å². The number of carbonyl (C=O) groups excluding carboxylic acids is 2. The highest BCUT2D eigenvalue weighted by atomic mass is 19.4. The normalized spacial score (nSPS) is 16.9. The molecule has 2 heterocycles. The molecule has 3 rings (SSSR count). The average Bonchev–Trinajstić information content (AvgIpc) is 3.22. The van der Waals surface area contributed by atoms with Gasteiger partial charge in [0.15, 0.2) is 0 Å². The number of hydrogen-bond acceptors (Lipinski definition) is 8. The van der Waals surface area contributed by atoms with E-state index >= 15 is 0 Å². The minimum Gasteiger partial charge on any atom is -0.497 e. The lowest BCUT2D eigenvalue weighted by atomic mass is 10.1. The van der Waals surface area contributed by atoms with Gasteiger partial charge in [-0.15, -0.1) is 0 Å². The Kier molecular flexibility index (Phi) is 7.51. The van der Waals surface area contributed by atoms with Crippen molar-refractivity contribution in [3.63, 3.8) is 0 Å². The number of alkyl halides is 3. The largest absolute Gasteiger partial charge is 0.497 e. The molecule has 0 atom stereocenters. The van der Waals surface area contributed by atoms with E-state index < -0.39 is 12.0 Å². The monoisotopic (exact) mass is 457 g/mol. The first kappa shape index (κ1) is 23.3. The fraction of sp³-hybridized carbons (Fsp3) is 0.474. The summed E-state index contributed by atoms with van der Waals surface area (Å²) in [5, 5.41) is 8.35. The molecule has 2 amide bonds. The summed E-state index contributed by atoms with van der Waals surface area (Å²) >= 11 is 0. The van der Waals surface area contributed by atoms with Crippen LogP contribution in [0.1, 0.15) is 28.5 Å². The highest BCUT2D eigenvalue weighted by Gasteiger charge is 2.37. The van der Waals surface area contributed by atoms with Crippen molar-refractivity contribution in [2.45, 2.75) is 19.1 Å². The number of halogens is 3. The number of methoxy groups -OCH3 is 1. The van der Waals surface area contributed by atoms with E-state index in [1.165, 1.54) is 7.11 Å². The minimum absolute atomic E-state index is 0.0950. The van der Waals surface area contributed by atoms with Gasteiger partial charge < -0.3 is 24.6 Å². The van der Waals surface area contributed by atoms with E-state index in [1.54, 1.807) is 23.1 Å². The highest BCUT2D eigenvalue weighted by Crippen LogP contribution is 2.27. The van der Waals surface area contributed by atoms with Crippen LogP contribution in [-0.4, -0.2) is 66.8 Å². The molecule has 10 nitrogen and oxygen atoms in total. The zero-order valence-electron chi connectivity index (χ0n) is 17.2. The van der Waals surface area contributed by atoms with Crippen LogP contribution in [0.25, 0.3) is 0 Å². The molecule has 13 heteroatoms. The van der Waals surface area contributed by atoms with Crippen LogP contribution in [0.4, 0.5) is 13.2 Å². The Hall–Kier alpha value is -3.35. The standard InChI is InChI=1S/C19H22F3N5O5/c1-30-12-3-4-13-14(9-12)31-8-6-23-15(28)10-27(7-2-5-24-17(13)29)11-16-25-18(26-32-16)19(20,21)22/h3-4,9H,2,5-8,10-11H2,1H3,(H,23,28)(H,24,29). The Morgan fingerprint density at radius 2 is 2.03 bits per heavy atom. The van der Waals surface area contributed by atoms with Gasteiger partial charge in [0, 0.05) is 19.2 Å². The van der Waals surface area contributed by atoms with Crippen molar-refractivity contribution < 1.29 is 36.8 Å². The van der Waals surface area contributed by atoms with Crippen molar-refractivity contribution in [1.29, 1.82) is 0 Å². The molecule has 174 valence electrons. The van der Waals surface area contributed by atoms with Crippen molar-refractivity contribution in [1.82, 2.24) is 25.7 Å². The van der Waals surface area contributed by atoms with E-state index in [4.69, 9.17) is 9.47 Å². The molecule has 0 fully saturated rings. The molecule has 0 saturated carbocycles. The molecule has 32 heavy (non-hydrogen) atoms. The maximum Gasteiger partial charge on any atom is 0.455 e. The summed E-state index contributed by atoms with van der Waals surface area (Å²) in [6.45, 7) is 0.552. The molecule has 2 N–H and O–H groups in total. The van der Waals surface area contributed by atoms with Crippen LogP contribution in [0.5, 0.6) is 11.5 Å². The number of nitrogens with one attached hydrogen (secondary N) is 2. The van der Waals surface area contributed by atoms with E-state index in [-0.39, 0.29) is 50.5 Å². The summed E-state index contributed by atoms with van der Waals surface area (Å²) in [5.74, 6) is -1.49. The Morgan fingerprint density at radius 1 is 1.22 bits per heavy atom. The number of benzene rings is 1. The topological polar surface area (TPSA) is 119 Å². The third kappa shape index (κ3) is 6.33. The molecule has 1 aromatic carbocycles. The van der Waals surface area contributed by atoms with Gasteiger partial charge >= 0.3 is 6.18 Å². The molecule has 0 spiro atoms. The summed E-state index contributed by atoms with van der Waals surface area (Å²) in [4.78, 5) is 29.7. The van der Waals surface area contributed by atoms with E-state index in [0.717, 1.165) is 0 Å². The fourth-order valence-corrected chi connectivity index (χ4v) is 2.99. The molecular weight excluding hydrogens is 435 g/mol. The number of ether oxygens (including phenoxy) is 2. The third-order valence-corrected chi connectivity index (χ3v) is 4.50. The number of carbonyl (C=O) groups is 2. The molecule has 1 aromatic heterocycles. The predicted molar refractivity (Wildman–Crippen MR) is 103 cm³/mol. The first-order valence-corrected chi connectivity index (χ1v) is 9.74. The Bertz CT molecular complexity index is 950. The van der Waals surface area contributed by atoms with Crippen molar-refractivity contribution in [3.8, 4) is 11.5 Å². The first-order chi connectivity index (χ1) is 15.3. The Labute approximate surface area is 181 Å². The van der Waals surface area contributed by atoms with Crippen molar-refractivity contribution in [2.24, 2.45) is 0 Å². The van der Waals surface area contributed by atoms with Gasteiger partial charge in [0.25, 0.3) is 11.7 Å². The van der Waals surface area contributed by atoms with Crippen LogP contribution in [0.3, 0.4) is 0 Å². The van der Waals surface area contributed by atoms with Crippen LogP contribution in [0, 0.1) is 0 Å². The van der Waals surface area contributed by atoms with E-state index in [2.05, 4.69) is 25.3 Å². The van der Waals surface area contributed by atoms with Crippen molar-refractivity contribution in [2.75, 3.05) is 39.9 Å². The lowest BCUT2D eigenvalue weighted by molar-refractivity contribution is -0.146. The van der Waals surface area contributed by atoms with Crippen LogP contribution in [0.2, 0.25) is 0 Å². The maximum atomic E-state index is 12.7. The average molecular weight is 457 g/mol. The van der Waals surface area contributed by atoms with Gasteiger partial charge in [0.05, 0.1) is 32.3 Å². The predicted octanol–water partition coefficient (Wildman–Crippen LogP) is 1.23. The summed E-state index contributed by atoms with van der Waals surface area (Å²) in [5.41, 5.74) is 0.316. The molecule has 0 saturated heterocycles. The molecule has 0 radical (unpaired) electrons. The quantitative estimate of drug-likeness (QED) is 0.707.